The summed E-state index contributed by atoms with van der Waals surface area (Å²) in [6.07, 6.45) is 4.82. The fourth-order valence-electron chi connectivity index (χ4n) is 3.94. The SMILES string of the molecule is CN(CCCN(C(=O)c1ccc([N+](=O)[O-])cc1)c1ccccc1)CCN1CCCCC1. The van der Waals surface area contributed by atoms with Crippen molar-refractivity contribution >= 4 is 17.3 Å². The molecule has 0 spiro atoms. The minimum absolute atomic E-state index is 0.0156. The zero-order valence-corrected chi connectivity index (χ0v) is 18.3. The molecule has 0 aromatic heterocycles. The van der Waals surface area contributed by atoms with Crippen molar-refractivity contribution in [1.29, 1.82) is 0 Å². The number of non-ortho nitro benzene ring substituents is 1. The van der Waals surface area contributed by atoms with Gasteiger partial charge in [-0.15, -0.1) is 0 Å². The lowest BCUT2D eigenvalue weighted by Crippen LogP contribution is -2.38. The molecule has 0 bridgehead atoms. The Morgan fingerprint density at radius 3 is 2.29 bits per heavy atom. The predicted octanol–water partition coefficient (Wildman–Crippen LogP) is 4.05. The van der Waals surface area contributed by atoms with Gasteiger partial charge >= 0.3 is 0 Å². The fourth-order valence-corrected chi connectivity index (χ4v) is 3.94. The molecule has 2 aromatic carbocycles. The predicted molar refractivity (Wildman–Crippen MR) is 124 cm³/mol. The van der Waals surface area contributed by atoms with Crippen molar-refractivity contribution < 1.29 is 9.72 Å². The third-order valence-electron chi connectivity index (χ3n) is 5.81. The first-order chi connectivity index (χ1) is 15.0. The highest BCUT2D eigenvalue weighted by Gasteiger charge is 2.19. The summed E-state index contributed by atoms with van der Waals surface area (Å²) >= 11 is 0. The Bertz CT molecular complexity index is 836. The average Bonchev–Trinajstić information content (AvgIpc) is 2.81. The van der Waals surface area contributed by atoms with Gasteiger partial charge in [0.2, 0.25) is 0 Å². The minimum atomic E-state index is -0.455. The van der Waals surface area contributed by atoms with Crippen molar-refractivity contribution in [3.63, 3.8) is 0 Å². The molecule has 0 aliphatic carbocycles. The molecule has 2 aromatic rings. The number of rotatable bonds is 10. The van der Waals surface area contributed by atoms with E-state index < -0.39 is 4.92 Å². The highest BCUT2D eigenvalue weighted by molar-refractivity contribution is 6.06. The highest BCUT2D eigenvalue weighted by atomic mass is 16.6. The molecule has 0 atom stereocenters. The molecule has 0 radical (unpaired) electrons. The second-order valence-corrected chi connectivity index (χ2v) is 8.16. The van der Waals surface area contributed by atoms with Crippen LogP contribution in [-0.4, -0.2) is 66.9 Å². The number of anilines is 1. The van der Waals surface area contributed by atoms with Gasteiger partial charge in [-0.3, -0.25) is 14.9 Å². The van der Waals surface area contributed by atoms with Crippen LogP contribution >= 0.6 is 0 Å². The summed E-state index contributed by atoms with van der Waals surface area (Å²) in [7, 11) is 2.13. The number of likely N-dealkylation sites (tertiary alicyclic amines) is 1. The molecule has 1 fully saturated rings. The van der Waals surface area contributed by atoms with Gasteiger partial charge < -0.3 is 14.7 Å². The maximum atomic E-state index is 13.2. The van der Waals surface area contributed by atoms with Gasteiger partial charge in [-0.1, -0.05) is 24.6 Å². The summed E-state index contributed by atoms with van der Waals surface area (Å²) in [6, 6.07) is 15.4. The van der Waals surface area contributed by atoms with Crippen LogP contribution < -0.4 is 4.90 Å². The van der Waals surface area contributed by atoms with Crippen LogP contribution in [0.25, 0.3) is 0 Å². The number of para-hydroxylation sites is 1. The Kier molecular flexibility index (Phi) is 8.55. The van der Waals surface area contributed by atoms with Gasteiger partial charge in [0, 0.05) is 43.0 Å². The summed E-state index contributed by atoms with van der Waals surface area (Å²) in [5, 5.41) is 10.9. The topological polar surface area (TPSA) is 69.9 Å². The summed E-state index contributed by atoms with van der Waals surface area (Å²) in [4.78, 5) is 30.2. The maximum absolute atomic E-state index is 13.2. The summed E-state index contributed by atoms with van der Waals surface area (Å²) in [6.45, 7) is 6.04. The summed E-state index contributed by atoms with van der Waals surface area (Å²) in [5.41, 5.74) is 1.27. The second kappa shape index (κ2) is 11.6. The molecule has 0 N–H and O–H groups in total. The Morgan fingerprint density at radius 2 is 1.65 bits per heavy atom. The molecule has 7 heteroatoms. The van der Waals surface area contributed by atoms with Crippen molar-refractivity contribution in [1.82, 2.24) is 9.80 Å². The highest BCUT2D eigenvalue weighted by Crippen LogP contribution is 2.19. The smallest absolute Gasteiger partial charge is 0.269 e. The van der Waals surface area contributed by atoms with Gasteiger partial charge in [0.15, 0.2) is 0 Å². The Morgan fingerprint density at radius 1 is 0.968 bits per heavy atom. The fraction of sp³-hybridized carbons (Fsp3) is 0.458. The number of piperidine rings is 1. The number of likely N-dealkylation sites (N-methyl/N-ethyl adjacent to an activating group) is 1. The van der Waals surface area contributed by atoms with Crippen LogP contribution in [0.4, 0.5) is 11.4 Å². The van der Waals surface area contributed by atoms with Crippen molar-refractivity contribution in [2.24, 2.45) is 0 Å². The molecule has 31 heavy (non-hydrogen) atoms. The van der Waals surface area contributed by atoms with Crippen LogP contribution in [0.1, 0.15) is 36.0 Å². The molecule has 1 aliphatic rings. The Balaban J connectivity index is 1.57. The second-order valence-electron chi connectivity index (χ2n) is 8.16. The third-order valence-corrected chi connectivity index (χ3v) is 5.81. The quantitative estimate of drug-likeness (QED) is 0.425. The maximum Gasteiger partial charge on any atom is 0.269 e. The summed E-state index contributed by atoms with van der Waals surface area (Å²) in [5.74, 6) is -0.142. The molecule has 1 heterocycles. The van der Waals surface area contributed by atoms with Crippen LogP contribution in [-0.2, 0) is 0 Å². The van der Waals surface area contributed by atoms with Gasteiger partial charge in [-0.25, -0.2) is 0 Å². The largest absolute Gasteiger partial charge is 0.308 e. The van der Waals surface area contributed by atoms with Crippen molar-refractivity contribution in [2.75, 3.05) is 51.2 Å². The van der Waals surface area contributed by atoms with Gasteiger partial charge in [-0.05, 0) is 70.2 Å². The number of carbonyl (C=O) groups excluding carboxylic acids is 1. The van der Waals surface area contributed by atoms with Crippen LogP contribution in [0.15, 0.2) is 54.6 Å². The molecule has 1 amide bonds. The van der Waals surface area contributed by atoms with Crippen molar-refractivity contribution in [3.8, 4) is 0 Å². The minimum Gasteiger partial charge on any atom is -0.308 e. The number of nitro groups is 1. The first-order valence-corrected chi connectivity index (χ1v) is 11.1. The number of nitrogens with zero attached hydrogens (tertiary/aromatic N) is 4. The zero-order valence-electron chi connectivity index (χ0n) is 18.3. The van der Waals surface area contributed by atoms with E-state index in [2.05, 4.69) is 16.8 Å². The zero-order chi connectivity index (χ0) is 22.1. The number of hydrogen-bond donors (Lipinski definition) is 0. The first kappa shape index (κ1) is 22.9. The third kappa shape index (κ3) is 6.87. The van der Waals surface area contributed by atoms with E-state index >= 15 is 0 Å². The Labute approximate surface area is 184 Å². The van der Waals surface area contributed by atoms with Gasteiger partial charge in [0.05, 0.1) is 4.92 Å². The summed E-state index contributed by atoms with van der Waals surface area (Å²) < 4.78 is 0. The van der Waals surface area contributed by atoms with E-state index in [-0.39, 0.29) is 11.6 Å². The molecule has 1 saturated heterocycles. The normalized spacial score (nSPS) is 14.5. The first-order valence-electron chi connectivity index (χ1n) is 11.1. The molecular weight excluding hydrogens is 392 g/mol. The van der Waals surface area contributed by atoms with Crippen molar-refractivity contribution in [3.05, 3.63) is 70.3 Å². The lowest BCUT2D eigenvalue weighted by molar-refractivity contribution is -0.384. The van der Waals surface area contributed by atoms with E-state index in [1.54, 1.807) is 4.90 Å². The van der Waals surface area contributed by atoms with E-state index in [0.29, 0.717) is 12.1 Å². The van der Waals surface area contributed by atoms with Crippen LogP contribution in [0.3, 0.4) is 0 Å². The lowest BCUT2D eigenvalue weighted by Gasteiger charge is -2.29. The van der Waals surface area contributed by atoms with Crippen LogP contribution in [0.5, 0.6) is 0 Å². The Hall–Kier alpha value is -2.77. The van der Waals surface area contributed by atoms with E-state index in [4.69, 9.17) is 0 Å². The number of amides is 1. The molecule has 0 unspecified atom stereocenters. The molecule has 3 rings (SSSR count). The van der Waals surface area contributed by atoms with E-state index in [0.717, 1.165) is 31.7 Å². The van der Waals surface area contributed by atoms with E-state index in [1.165, 1.54) is 56.6 Å². The molecule has 7 nitrogen and oxygen atoms in total. The molecule has 166 valence electrons. The van der Waals surface area contributed by atoms with E-state index in [9.17, 15) is 14.9 Å². The van der Waals surface area contributed by atoms with Crippen LogP contribution in [0.2, 0.25) is 0 Å². The monoisotopic (exact) mass is 424 g/mol. The molecule has 0 saturated carbocycles. The molecule has 1 aliphatic heterocycles. The van der Waals surface area contributed by atoms with Gasteiger partial charge in [0.1, 0.15) is 0 Å². The van der Waals surface area contributed by atoms with E-state index in [1.807, 2.05) is 30.3 Å². The van der Waals surface area contributed by atoms with Gasteiger partial charge in [-0.2, -0.15) is 0 Å². The number of benzene rings is 2. The van der Waals surface area contributed by atoms with Gasteiger partial charge in [0.25, 0.3) is 11.6 Å². The van der Waals surface area contributed by atoms with Crippen molar-refractivity contribution in [2.45, 2.75) is 25.7 Å². The standard InChI is InChI=1S/C24H32N4O3/c1-25(19-20-26-16-6-3-7-17-26)15-8-18-27(22-9-4-2-5-10-22)24(29)21-11-13-23(14-12-21)28(30)31/h2,4-5,9-14H,3,6-8,15-20H2,1H3. The van der Waals surface area contributed by atoms with Crippen LogP contribution in [0, 0.1) is 10.1 Å². The number of nitro benzene ring substituents is 1. The molecular formula is C24H32N4O3. The number of hydrogen-bond acceptors (Lipinski definition) is 5. The lowest BCUT2D eigenvalue weighted by atomic mass is 10.1. The average molecular weight is 425 g/mol. The number of carbonyl (C=O) groups is 1.